The first-order valence-electron chi connectivity index (χ1n) is 6.59. The minimum atomic E-state index is -0.354. The minimum Gasteiger partial charge on any atom is -0.325 e. The van der Waals surface area contributed by atoms with E-state index in [2.05, 4.69) is 25.8 Å². The number of carbonyl (C=O) groups is 1. The highest BCUT2D eigenvalue weighted by molar-refractivity contribution is 7.99. The van der Waals surface area contributed by atoms with Gasteiger partial charge in [-0.3, -0.25) is 9.78 Å². The van der Waals surface area contributed by atoms with Gasteiger partial charge in [-0.05, 0) is 46.8 Å². The molecular weight excluding hydrogens is 319 g/mol. The van der Waals surface area contributed by atoms with Gasteiger partial charge in [0.2, 0.25) is 11.1 Å². The smallest absolute Gasteiger partial charge is 0.234 e. The van der Waals surface area contributed by atoms with Crippen molar-refractivity contribution in [1.82, 2.24) is 25.2 Å². The lowest BCUT2D eigenvalue weighted by molar-refractivity contribution is -0.113. The van der Waals surface area contributed by atoms with Crippen molar-refractivity contribution < 1.29 is 9.18 Å². The first-order valence-corrected chi connectivity index (χ1v) is 7.58. The summed E-state index contributed by atoms with van der Waals surface area (Å²) in [5.74, 6) is -0.465. The third-order valence-electron chi connectivity index (χ3n) is 2.79. The van der Waals surface area contributed by atoms with Crippen molar-refractivity contribution >= 4 is 23.4 Å². The van der Waals surface area contributed by atoms with Crippen molar-refractivity contribution in [2.45, 2.75) is 5.16 Å². The van der Waals surface area contributed by atoms with Crippen LogP contribution in [0.3, 0.4) is 0 Å². The SMILES string of the molecule is O=C(CSc1nnnn1-c1cccnc1)Nc1ccc(F)cc1. The number of carbonyl (C=O) groups excluding carboxylic acids is 1. The number of benzene rings is 1. The summed E-state index contributed by atoms with van der Waals surface area (Å²) in [7, 11) is 0. The molecule has 7 nitrogen and oxygen atoms in total. The number of aromatic nitrogens is 5. The normalized spacial score (nSPS) is 10.5. The number of hydrogen-bond acceptors (Lipinski definition) is 6. The second-order valence-electron chi connectivity index (χ2n) is 4.43. The molecule has 0 bridgehead atoms. The van der Waals surface area contributed by atoms with Crippen LogP contribution in [0.4, 0.5) is 10.1 Å². The standard InChI is InChI=1S/C14H11FN6OS/c15-10-3-5-11(6-4-10)17-13(22)9-23-14-18-19-20-21(14)12-2-1-7-16-8-12/h1-8H,9H2,(H,17,22). The molecule has 0 aliphatic rings. The van der Waals surface area contributed by atoms with Crippen LogP contribution in [0.15, 0.2) is 53.9 Å². The molecule has 0 radical (unpaired) electrons. The van der Waals surface area contributed by atoms with E-state index in [1.807, 2.05) is 6.07 Å². The van der Waals surface area contributed by atoms with Gasteiger partial charge < -0.3 is 5.32 Å². The number of hydrogen-bond donors (Lipinski definition) is 1. The summed E-state index contributed by atoms with van der Waals surface area (Å²) < 4.78 is 14.3. The summed E-state index contributed by atoms with van der Waals surface area (Å²) in [5, 5.41) is 14.5. The summed E-state index contributed by atoms with van der Waals surface area (Å²) in [6.45, 7) is 0. The molecule has 1 amide bonds. The van der Waals surface area contributed by atoms with Gasteiger partial charge in [0, 0.05) is 11.9 Å². The minimum absolute atomic E-state index is 0.123. The van der Waals surface area contributed by atoms with Crippen LogP contribution in [-0.4, -0.2) is 36.9 Å². The molecule has 0 fully saturated rings. The quantitative estimate of drug-likeness (QED) is 0.720. The lowest BCUT2D eigenvalue weighted by Crippen LogP contribution is -2.14. The number of pyridine rings is 1. The molecule has 23 heavy (non-hydrogen) atoms. The molecule has 0 saturated heterocycles. The topological polar surface area (TPSA) is 85.6 Å². The van der Waals surface area contributed by atoms with E-state index in [4.69, 9.17) is 0 Å². The summed E-state index contributed by atoms with van der Waals surface area (Å²) in [5.41, 5.74) is 1.24. The molecule has 2 heterocycles. The van der Waals surface area contributed by atoms with Crippen molar-refractivity contribution in [2.75, 3.05) is 11.1 Å². The largest absolute Gasteiger partial charge is 0.325 e. The fraction of sp³-hybridized carbons (Fsp3) is 0.0714. The maximum Gasteiger partial charge on any atom is 0.234 e. The maximum atomic E-state index is 12.8. The number of anilines is 1. The van der Waals surface area contributed by atoms with Gasteiger partial charge in [-0.25, -0.2) is 4.39 Å². The highest BCUT2D eigenvalue weighted by Crippen LogP contribution is 2.18. The van der Waals surface area contributed by atoms with Crippen LogP contribution in [0, 0.1) is 5.82 Å². The van der Waals surface area contributed by atoms with E-state index in [1.165, 1.54) is 40.7 Å². The number of tetrazole rings is 1. The number of halogens is 1. The lowest BCUT2D eigenvalue weighted by atomic mass is 10.3. The van der Waals surface area contributed by atoms with E-state index in [-0.39, 0.29) is 17.5 Å². The highest BCUT2D eigenvalue weighted by atomic mass is 32.2. The Labute approximate surface area is 134 Å². The zero-order valence-corrected chi connectivity index (χ0v) is 12.6. The van der Waals surface area contributed by atoms with Gasteiger partial charge in [-0.2, -0.15) is 4.68 Å². The summed E-state index contributed by atoms with van der Waals surface area (Å²) in [6, 6.07) is 9.14. The van der Waals surface area contributed by atoms with E-state index in [9.17, 15) is 9.18 Å². The Balaban J connectivity index is 1.62. The van der Waals surface area contributed by atoms with Crippen LogP contribution in [-0.2, 0) is 4.79 Å². The van der Waals surface area contributed by atoms with E-state index in [0.29, 0.717) is 16.5 Å². The van der Waals surface area contributed by atoms with Crippen LogP contribution < -0.4 is 5.32 Å². The average molecular weight is 330 g/mol. The molecule has 1 N–H and O–H groups in total. The van der Waals surface area contributed by atoms with E-state index >= 15 is 0 Å². The van der Waals surface area contributed by atoms with Crippen molar-refractivity contribution in [3.8, 4) is 5.69 Å². The molecule has 3 rings (SSSR count). The zero-order valence-electron chi connectivity index (χ0n) is 11.8. The number of nitrogens with zero attached hydrogens (tertiary/aromatic N) is 5. The third kappa shape index (κ3) is 3.89. The lowest BCUT2D eigenvalue weighted by Gasteiger charge is -2.05. The fourth-order valence-electron chi connectivity index (χ4n) is 1.77. The molecule has 0 atom stereocenters. The second kappa shape index (κ2) is 6.97. The summed E-state index contributed by atoms with van der Waals surface area (Å²) >= 11 is 1.19. The molecular formula is C14H11FN6OS. The molecule has 0 saturated carbocycles. The predicted molar refractivity (Wildman–Crippen MR) is 82.7 cm³/mol. The molecule has 0 aliphatic heterocycles. The summed E-state index contributed by atoms with van der Waals surface area (Å²) in [6.07, 6.45) is 3.27. The summed E-state index contributed by atoms with van der Waals surface area (Å²) in [4.78, 5) is 15.9. The Morgan fingerprint density at radius 3 is 2.83 bits per heavy atom. The first kappa shape index (κ1) is 15.1. The molecule has 1 aromatic carbocycles. The molecule has 0 spiro atoms. The van der Waals surface area contributed by atoms with Crippen molar-refractivity contribution in [2.24, 2.45) is 0 Å². The van der Waals surface area contributed by atoms with Crippen molar-refractivity contribution in [1.29, 1.82) is 0 Å². The van der Waals surface area contributed by atoms with Gasteiger partial charge >= 0.3 is 0 Å². The van der Waals surface area contributed by atoms with Gasteiger partial charge in [-0.1, -0.05) is 11.8 Å². The van der Waals surface area contributed by atoms with E-state index in [1.54, 1.807) is 18.5 Å². The number of nitrogens with one attached hydrogen (secondary N) is 1. The van der Waals surface area contributed by atoms with Crippen LogP contribution >= 0.6 is 11.8 Å². The molecule has 9 heteroatoms. The van der Waals surface area contributed by atoms with Crippen LogP contribution in [0.1, 0.15) is 0 Å². The molecule has 0 aliphatic carbocycles. The Morgan fingerprint density at radius 1 is 1.26 bits per heavy atom. The fourth-order valence-corrected chi connectivity index (χ4v) is 2.46. The van der Waals surface area contributed by atoms with Gasteiger partial charge in [0.25, 0.3) is 0 Å². The maximum absolute atomic E-state index is 12.8. The highest BCUT2D eigenvalue weighted by Gasteiger charge is 2.11. The number of rotatable bonds is 5. The van der Waals surface area contributed by atoms with Gasteiger partial charge in [0.1, 0.15) is 5.82 Å². The van der Waals surface area contributed by atoms with Crippen molar-refractivity contribution in [3.63, 3.8) is 0 Å². The predicted octanol–water partition coefficient (Wildman–Crippen LogP) is 1.93. The third-order valence-corrected chi connectivity index (χ3v) is 3.71. The molecule has 3 aromatic rings. The van der Waals surface area contributed by atoms with Crippen LogP contribution in [0.25, 0.3) is 5.69 Å². The van der Waals surface area contributed by atoms with Gasteiger partial charge in [-0.15, -0.1) is 5.10 Å². The first-order chi connectivity index (χ1) is 11.2. The van der Waals surface area contributed by atoms with Crippen molar-refractivity contribution in [3.05, 3.63) is 54.6 Å². The van der Waals surface area contributed by atoms with Gasteiger partial charge in [0.05, 0.1) is 17.6 Å². The zero-order chi connectivity index (χ0) is 16.1. The Hall–Kier alpha value is -2.81. The Bertz CT molecular complexity index is 793. The Morgan fingerprint density at radius 2 is 2.09 bits per heavy atom. The Kier molecular flexibility index (Phi) is 4.57. The van der Waals surface area contributed by atoms with Crippen LogP contribution in [0.5, 0.6) is 0 Å². The average Bonchev–Trinajstić information content (AvgIpc) is 3.04. The van der Waals surface area contributed by atoms with E-state index < -0.39 is 0 Å². The van der Waals surface area contributed by atoms with E-state index in [0.717, 1.165) is 0 Å². The molecule has 2 aromatic heterocycles. The van der Waals surface area contributed by atoms with Crippen LogP contribution in [0.2, 0.25) is 0 Å². The number of thioether (sulfide) groups is 1. The van der Waals surface area contributed by atoms with Gasteiger partial charge in [0.15, 0.2) is 0 Å². The number of amides is 1. The molecule has 0 unspecified atom stereocenters. The molecule has 116 valence electrons. The monoisotopic (exact) mass is 330 g/mol. The second-order valence-corrected chi connectivity index (χ2v) is 5.37.